The number of carbonyl (C=O) groups is 14. The molecule has 12 amide bonds. The summed E-state index contributed by atoms with van der Waals surface area (Å²) in [7, 11) is 0. The van der Waals surface area contributed by atoms with Crippen molar-refractivity contribution >= 4 is 94.7 Å². The lowest BCUT2D eigenvalue weighted by atomic mass is 9.95. The number of aromatic nitrogens is 4. The van der Waals surface area contributed by atoms with Crippen LogP contribution in [0.2, 0.25) is 0 Å². The van der Waals surface area contributed by atoms with Crippen LogP contribution in [0.5, 0.6) is 0 Å². The van der Waals surface area contributed by atoms with Gasteiger partial charge in [-0.15, -0.1) is 0 Å². The minimum absolute atomic E-state index is 0.0251. The van der Waals surface area contributed by atoms with Gasteiger partial charge in [-0.05, 0) is 81.6 Å². The highest BCUT2D eigenvalue weighted by atomic mass is 16.4. The zero-order chi connectivity index (χ0) is 82.2. The number of carbonyl (C=O) groups excluding carboxylic acids is 12. The number of nitrogens with two attached hydrogens (primary N) is 6. The van der Waals surface area contributed by atoms with E-state index >= 15 is 0 Å². The number of guanidine groups is 2. The average molecular weight is 1550 g/mol. The van der Waals surface area contributed by atoms with E-state index < -0.39 is 212 Å². The normalized spacial score (nSPS) is 15.3. The van der Waals surface area contributed by atoms with Gasteiger partial charge in [-0.1, -0.05) is 68.2 Å². The third kappa shape index (κ3) is 34.4. The summed E-state index contributed by atoms with van der Waals surface area (Å²) in [6.07, 6.45) is 4.42. The molecule has 43 heteroatoms. The van der Waals surface area contributed by atoms with E-state index in [9.17, 15) is 92.7 Å². The molecule has 0 bridgehead atoms. The standard InChI is InChI=1S/C66H114N24O19/c1-9-34(7)50(89-54(98)39(15-11-12-18-67)79-52(96)38(68)27-91)62(106)84-42(21-32(3)4)55(99)80-40(16-13-19-75-65(69)70)53(97)83-45(24-48(94)95)57(101)87-47(29-93)60(104)82-44(23-37-26-74-31-78-37)58(102)88-49(33(5)6)61(105)90-51(35(8)10-2)63(107)85-43(22-36-25-73-30-77-36)56(100)86-46(28-92)59(103)81-41(64(108)109)17-14-20-76-66(71)72/h25-26,30-35,38-47,49-51,91-93H,9-24,27-29,67-68H2,1-8H3,(H,73,77)(H,74,78)(H,79,96)(H,80,99)(H,81,103)(H,82,104)(H,83,97)(H,84,106)(H,85,107)(H,86,100)(H,87,101)(H,88,102)(H,89,98)(H,90,105)(H,94,95)(H,108,109)(H4,69,70,75)(H4,71,72,76)/t34-,35-,38-,39-,40-,41-,42-,43-,44-,45-,46-,47-,49-,50-,51-/m0/s1. The predicted octanol–water partition coefficient (Wildman–Crippen LogP) is -8.37. The van der Waals surface area contributed by atoms with Crippen LogP contribution in [0.25, 0.3) is 0 Å². The van der Waals surface area contributed by atoms with Gasteiger partial charge in [0.15, 0.2) is 11.9 Å². The number of amides is 12. The maximum absolute atomic E-state index is 14.5. The molecule has 15 atom stereocenters. The highest BCUT2D eigenvalue weighted by molar-refractivity contribution is 6.00. The van der Waals surface area contributed by atoms with E-state index in [2.05, 4.69) is 93.7 Å². The number of rotatable bonds is 53. The largest absolute Gasteiger partial charge is 0.481 e. The average Bonchev–Trinajstić information content (AvgIpc) is 1.29. The van der Waals surface area contributed by atoms with E-state index in [0.717, 1.165) is 0 Å². The van der Waals surface area contributed by atoms with Gasteiger partial charge in [0.25, 0.3) is 0 Å². The minimum atomic E-state index is -2.06. The second-order valence-corrected chi connectivity index (χ2v) is 27.0. The Morgan fingerprint density at radius 3 is 1.19 bits per heavy atom. The first-order valence-corrected chi connectivity index (χ1v) is 35.9. The van der Waals surface area contributed by atoms with E-state index in [0.29, 0.717) is 25.0 Å². The molecular formula is C66H114N24O19. The molecule has 2 rings (SSSR count). The Morgan fingerprint density at radius 2 is 0.780 bits per heavy atom. The van der Waals surface area contributed by atoms with Gasteiger partial charge in [-0.3, -0.25) is 72.3 Å². The SMILES string of the molecule is CC[C@H](C)[C@H](NC(=O)[C@H](CCCCN)NC(=O)[C@@H](N)CO)C(=O)N[C@@H](CC(C)C)C(=O)N[C@@H](CCCN=C(N)N)C(=O)N[C@@H](CC(=O)O)C(=O)N[C@@H](CO)C(=O)N[C@@H](Cc1cnc[nH]1)C(=O)N[C@H](C(=O)N[C@H](C(=O)N[C@@H](Cc1cnc[nH]1)C(=O)N[C@@H](CO)C(=O)N[C@@H](CCCN=C(N)N)C(=O)O)[C@@H](C)CC)C(C)C. The van der Waals surface area contributed by atoms with Crippen LogP contribution in [0.1, 0.15) is 137 Å². The molecule has 0 aliphatic rings. The van der Waals surface area contributed by atoms with E-state index in [1.54, 1.807) is 41.5 Å². The summed E-state index contributed by atoms with van der Waals surface area (Å²) in [4.78, 5) is 215. The summed E-state index contributed by atoms with van der Waals surface area (Å²) in [6, 6.07) is -20.5. The van der Waals surface area contributed by atoms with E-state index in [1.165, 1.54) is 38.9 Å². The molecule has 612 valence electrons. The second kappa shape index (κ2) is 49.3. The first-order chi connectivity index (χ1) is 51.4. The molecule has 2 heterocycles. The number of hydrogen-bond acceptors (Lipinski definition) is 23. The van der Waals surface area contributed by atoms with Crippen LogP contribution in [-0.2, 0) is 80.0 Å². The second-order valence-electron chi connectivity index (χ2n) is 27.0. The number of nitrogens with zero attached hydrogens (tertiary/aromatic N) is 4. The first-order valence-electron chi connectivity index (χ1n) is 35.9. The predicted molar refractivity (Wildman–Crippen MR) is 393 cm³/mol. The van der Waals surface area contributed by atoms with Crippen molar-refractivity contribution in [2.75, 3.05) is 39.5 Å². The van der Waals surface area contributed by atoms with E-state index in [-0.39, 0.29) is 94.5 Å². The van der Waals surface area contributed by atoms with Crippen LogP contribution in [0.4, 0.5) is 0 Å². The molecule has 0 aromatic carbocycles. The number of nitrogens with one attached hydrogen (secondary N) is 14. The molecule has 0 aliphatic heterocycles. The number of aliphatic hydroxyl groups excluding tert-OH is 3. The van der Waals surface area contributed by atoms with Crippen molar-refractivity contribution in [3.63, 3.8) is 0 Å². The number of aliphatic imine (C=N–C) groups is 2. The fourth-order valence-corrected chi connectivity index (χ4v) is 10.6. The third-order valence-electron chi connectivity index (χ3n) is 17.3. The van der Waals surface area contributed by atoms with Crippen molar-refractivity contribution in [3.05, 3.63) is 36.4 Å². The van der Waals surface area contributed by atoms with Crippen molar-refractivity contribution in [1.29, 1.82) is 0 Å². The molecule has 2 aromatic rings. The number of imidazole rings is 2. The first kappa shape index (κ1) is 94.4. The number of aromatic amines is 2. The minimum Gasteiger partial charge on any atom is -0.481 e. The highest BCUT2D eigenvalue weighted by Crippen LogP contribution is 2.16. The van der Waals surface area contributed by atoms with Crippen LogP contribution in [0, 0.1) is 23.7 Å². The smallest absolute Gasteiger partial charge is 0.326 e. The van der Waals surface area contributed by atoms with Crippen molar-refractivity contribution in [2.24, 2.45) is 68.1 Å². The van der Waals surface area contributed by atoms with Crippen molar-refractivity contribution in [1.82, 2.24) is 83.7 Å². The van der Waals surface area contributed by atoms with Gasteiger partial charge < -0.3 is 134 Å². The Labute approximate surface area is 630 Å². The molecule has 0 spiro atoms. The van der Waals surface area contributed by atoms with Crippen LogP contribution >= 0.6 is 0 Å². The zero-order valence-electron chi connectivity index (χ0n) is 62.8. The van der Waals surface area contributed by atoms with Crippen molar-refractivity contribution < 1.29 is 92.7 Å². The Hall–Kier alpha value is -10.7. The van der Waals surface area contributed by atoms with E-state index in [4.69, 9.17) is 34.4 Å². The summed E-state index contributed by atoms with van der Waals surface area (Å²) in [5.74, 6) is -18.3. The topological polar surface area (TPSA) is 723 Å². The number of H-pyrrole nitrogens is 2. The maximum Gasteiger partial charge on any atom is 0.326 e. The van der Waals surface area contributed by atoms with Crippen LogP contribution in [0.3, 0.4) is 0 Å². The van der Waals surface area contributed by atoms with Gasteiger partial charge >= 0.3 is 11.9 Å². The Balaban J connectivity index is 2.50. The lowest BCUT2D eigenvalue weighted by Gasteiger charge is -2.30. The maximum atomic E-state index is 14.5. The molecule has 0 saturated heterocycles. The molecule has 2 aromatic heterocycles. The summed E-state index contributed by atoms with van der Waals surface area (Å²) >= 11 is 0. The molecule has 0 unspecified atom stereocenters. The van der Waals surface area contributed by atoms with Crippen LogP contribution in [0.15, 0.2) is 35.0 Å². The van der Waals surface area contributed by atoms with Gasteiger partial charge in [-0.2, -0.15) is 0 Å². The molecule has 109 heavy (non-hydrogen) atoms. The fraction of sp³-hybridized carbons (Fsp3) is 0.667. The summed E-state index contributed by atoms with van der Waals surface area (Å²) < 4.78 is 0. The van der Waals surface area contributed by atoms with Crippen molar-refractivity contribution in [3.8, 4) is 0 Å². The van der Waals surface area contributed by atoms with E-state index in [1.807, 2.05) is 0 Å². The third-order valence-corrected chi connectivity index (χ3v) is 17.3. The van der Waals surface area contributed by atoms with Crippen LogP contribution in [-0.4, -0.2) is 258 Å². The molecule has 31 N–H and O–H groups in total. The molecule has 0 radical (unpaired) electrons. The van der Waals surface area contributed by atoms with Crippen LogP contribution < -0.4 is 98.2 Å². The molecule has 0 aliphatic carbocycles. The number of carboxylic acids is 2. The Bertz CT molecular complexity index is 3330. The molecule has 43 nitrogen and oxygen atoms in total. The molecular weight excluding hydrogens is 1430 g/mol. The number of carboxylic acid groups (broad SMARTS) is 2. The number of hydrogen-bond donors (Lipinski definition) is 25. The van der Waals surface area contributed by atoms with Gasteiger partial charge in [0.1, 0.15) is 78.5 Å². The number of aliphatic carboxylic acids is 2. The number of aliphatic hydroxyl groups is 3. The van der Waals surface area contributed by atoms with Gasteiger partial charge in [0.05, 0.1) is 38.9 Å². The molecule has 0 fully saturated rings. The Kier molecular flexibility index (Phi) is 42.7. The zero-order valence-corrected chi connectivity index (χ0v) is 62.8. The summed E-state index contributed by atoms with van der Waals surface area (Å²) in [5, 5.41) is 79.8. The lowest BCUT2D eigenvalue weighted by molar-refractivity contribution is -0.143. The van der Waals surface area contributed by atoms with Gasteiger partial charge in [-0.25, -0.2) is 14.8 Å². The summed E-state index contributed by atoms with van der Waals surface area (Å²) in [5.41, 5.74) is 33.6. The van der Waals surface area contributed by atoms with Gasteiger partial charge in [0, 0.05) is 49.7 Å². The van der Waals surface area contributed by atoms with Crippen molar-refractivity contribution in [2.45, 2.75) is 217 Å². The Morgan fingerprint density at radius 1 is 0.431 bits per heavy atom. The molecule has 0 saturated carbocycles. The number of unbranched alkanes of at least 4 members (excludes halogenated alkanes) is 1. The summed E-state index contributed by atoms with van der Waals surface area (Å²) in [6.45, 7) is 10.4. The quantitative estimate of drug-likeness (QED) is 0.0166. The van der Waals surface area contributed by atoms with Gasteiger partial charge in [0.2, 0.25) is 70.9 Å². The fourth-order valence-electron chi connectivity index (χ4n) is 10.6. The highest BCUT2D eigenvalue weighted by Gasteiger charge is 2.40. The monoisotopic (exact) mass is 1550 g/mol. The lowest BCUT2D eigenvalue weighted by Crippen LogP contribution is -2.63.